The summed E-state index contributed by atoms with van der Waals surface area (Å²) in [7, 11) is 1.51. The highest BCUT2D eigenvalue weighted by atomic mass is 35.5. The summed E-state index contributed by atoms with van der Waals surface area (Å²) in [6.07, 6.45) is 0. The van der Waals surface area contributed by atoms with Crippen LogP contribution in [0.2, 0.25) is 5.02 Å². The molecule has 1 amide bonds. The molecule has 0 saturated carbocycles. The number of methoxy groups -OCH3 is 1. The standard InChI is InChI=1S/C11H12ClNO5/c1-17-7-2-3-9(8(12)4-7)18-6-10(14)13-5-11(15)16/h2-4H,5-6H2,1H3,(H,13,14)(H,15,16). The van der Waals surface area contributed by atoms with E-state index < -0.39 is 18.4 Å². The van der Waals surface area contributed by atoms with Crippen LogP contribution in [-0.2, 0) is 9.59 Å². The maximum atomic E-state index is 11.2. The van der Waals surface area contributed by atoms with Crippen molar-refractivity contribution in [3.63, 3.8) is 0 Å². The van der Waals surface area contributed by atoms with E-state index in [1.165, 1.54) is 7.11 Å². The molecule has 0 heterocycles. The van der Waals surface area contributed by atoms with Gasteiger partial charge in [0.2, 0.25) is 0 Å². The van der Waals surface area contributed by atoms with Crippen LogP contribution in [0.1, 0.15) is 0 Å². The lowest BCUT2D eigenvalue weighted by Gasteiger charge is -2.08. The number of carboxylic acid groups (broad SMARTS) is 1. The molecule has 0 unspecified atom stereocenters. The molecule has 0 aliphatic heterocycles. The summed E-state index contributed by atoms with van der Waals surface area (Å²) in [6, 6.07) is 4.74. The number of halogens is 1. The van der Waals surface area contributed by atoms with Crippen LogP contribution in [0.15, 0.2) is 18.2 Å². The molecule has 18 heavy (non-hydrogen) atoms. The molecule has 0 aliphatic carbocycles. The van der Waals surface area contributed by atoms with Crippen molar-refractivity contribution < 1.29 is 24.2 Å². The minimum absolute atomic E-state index is 0.306. The van der Waals surface area contributed by atoms with Crippen molar-refractivity contribution in [2.45, 2.75) is 0 Å². The summed E-state index contributed by atoms with van der Waals surface area (Å²) < 4.78 is 10.1. The highest BCUT2D eigenvalue weighted by Gasteiger charge is 2.07. The number of carbonyl (C=O) groups excluding carboxylic acids is 1. The van der Waals surface area contributed by atoms with E-state index in [0.717, 1.165) is 0 Å². The van der Waals surface area contributed by atoms with E-state index in [2.05, 4.69) is 5.32 Å². The number of rotatable bonds is 6. The monoisotopic (exact) mass is 273 g/mol. The Morgan fingerprint density at radius 1 is 1.44 bits per heavy atom. The summed E-state index contributed by atoms with van der Waals surface area (Å²) in [6.45, 7) is -0.752. The van der Waals surface area contributed by atoms with Crippen LogP contribution in [0.25, 0.3) is 0 Å². The lowest BCUT2D eigenvalue weighted by Crippen LogP contribution is -2.33. The second-order valence-electron chi connectivity index (χ2n) is 3.26. The first kappa shape index (κ1) is 14.1. The number of carbonyl (C=O) groups is 2. The topological polar surface area (TPSA) is 84.9 Å². The van der Waals surface area contributed by atoms with E-state index >= 15 is 0 Å². The fourth-order valence-corrected chi connectivity index (χ4v) is 1.32. The Morgan fingerprint density at radius 2 is 2.17 bits per heavy atom. The Hall–Kier alpha value is -1.95. The van der Waals surface area contributed by atoms with E-state index in [1.54, 1.807) is 18.2 Å². The van der Waals surface area contributed by atoms with Gasteiger partial charge in [-0.05, 0) is 12.1 Å². The number of aliphatic carboxylic acids is 1. The number of amides is 1. The number of hydrogen-bond acceptors (Lipinski definition) is 4. The molecule has 0 aromatic heterocycles. The number of nitrogens with one attached hydrogen (secondary N) is 1. The summed E-state index contributed by atoms with van der Waals surface area (Å²) in [5.74, 6) is -0.763. The normalized spacial score (nSPS) is 9.67. The molecule has 2 N–H and O–H groups in total. The van der Waals surface area contributed by atoms with E-state index in [1.807, 2.05) is 0 Å². The van der Waals surface area contributed by atoms with Gasteiger partial charge >= 0.3 is 5.97 Å². The molecule has 0 bridgehead atoms. The SMILES string of the molecule is COc1ccc(OCC(=O)NCC(=O)O)c(Cl)c1. The molecule has 0 radical (unpaired) electrons. The molecule has 0 saturated heterocycles. The molecule has 1 rings (SSSR count). The van der Waals surface area contributed by atoms with Gasteiger partial charge in [0.25, 0.3) is 5.91 Å². The second kappa shape index (κ2) is 6.70. The summed E-state index contributed by atoms with van der Waals surface area (Å²) >= 11 is 5.89. The van der Waals surface area contributed by atoms with Crippen molar-refractivity contribution in [1.82, 2.24) is 5.32 Å². The van der Waals surface area contributed by atoms with E-state index in [9.17, 15) is 9.59 Å². The zero-order chi connectivity index (χ0) is 13.5. The zero-order valence-corrected chi connectivity index (χ0v) is 10.4. The van der Waals surface area contributed by atoms with Crippen molar-refractivity contribution in [3.05, 3.63) is 23.2 Å². The molecule has 0 aliphatic rings. The Bertz CT molecular complexity index is 449. The van der Waals surface area contributed by atoms with Gasteiger partial charge in [0.05, 0.1) is 12.1 Å². The van der Waals surface area contributed by atoms with Gasteiger partial charge in [0.1, 0.15) is 18.0 Å². The second-order valence-corrected chi connectivity index (χ2v) is 3.66. The van der Waals surface area contributed by atoms with Crippen LogP contribution >= 0.6 is 11.6 Å². The van der Waals surface area contributed by atoms with Crippen LogP contribution in [0.4, 0.5) is 0 Å². The fourth-order valence-electron chi connectivity index (χ4n) is 1.09. The third kappa shape index (κ3) is 4.50. The Kier molecular flexibility index (Phi) is 5.26. The Labute approximate surface area is 108 Å². The van der Waals surface area contributed by atoms with E-state index in [4.69, 9.17) is 26.2 Å². The van der Waals surface area contributed by atoms with Crippen LogP contribution in [-0.4, -0.2) is 37.2 Å². The summed E-state index contributed by atoms with van der Waals surface area (Å²) in [5.41, 5.74) is 0. The summed E-state index contributed by atoms with van der Waals surface area (Å²) in [5, 5.41) is 10.8. The third-order valence-corrected chi connectivity index (χ3v) is 2.23. The molecule has 1 aromatic carbocycles. The molecular weight excluding hydrogens is 262 g/mol. The lowest BCUT2D eigenvalue weighted by atomic mass is 10.3. The first-order valence-electron chi connectivity index (χ1n) is 4.97. The first-order valence-corrected chi connectivity index (χ1v) is 5.35. The van der Waals surface area contributed by atoms with Gasteiger partial charge in [0.15, 0.2) is 6.61 Å². The summed E-state index contributed by atoms with van der Waals surface area (Å²) in [4.78, 5) is 21.4. The third-order valence-electron chi connectivity index (χ3n) is 1.93. The fraction of sp³-hybridized carbons (Fsp3) is 0.273. The van der Waals surface area contributed by atoms with Crippen molar-refractivity contribution in [1.29, 1.82) is 0 Å². The lowest BCUT2D eigenvalue weighted by molar-refractivity contribution is -0.138. The molecule has 0 atom stereocenters. The van der Waals surface area contributed by atoms with Crippen molar-refractivity contribution in [3.8, 4) is 11.5 Å². The predicted molar refractivity (Wildman–Crippen MR) is 64.1 cm³/mol. The number of ether oxygens (including phenoxy) is 2. The molecule has 6 nitrogen and oxygen atoms in total. The minimum atomic E-state index is -1.12. The molecule has 0 spiro atoms. The van der Waals surface area contributed by atoms with Crippen molar-refractivity contribution in [2.24, 2.45) is 0 Å². The number of benzene rings is 1. The zero-order valence-electron chi connectivity index (χ0n) is 9.60. The van der Waals surface area contributed by atoms with E-state index in [0.29, 0.717) is 16.5 Å². The quantitative estimate of drug-likeness (QED) is 0.805. The number of carboxylic acids is 1. The predicted octanol–water partition coefficient (Wildman–Crippen LogP) is 0.928. The highest BCUT2D eigenvalue weighted by Crippen LogP contribution is 2.28. The van der Waals surface area contributed by atoms with E-state index in [-0.39, 0.29) is 6.61 Å². The molecule has 1 aromatic rings. The van der Waals surface area contributed by atoms with Crippen molar-refractivity contribution >= 4 is 23.5 Å². The molecule has 7 heteroatoms. The molecule has 98 valence electrons. The van der Waals surface area contributed by atoms with Gasteiger partial charge in [-0.2, -0.15) is 0 Å². The Balaban J connectivity index is 2.48. The minimum Gasteiger partial charge on any atom is -0.497 e. The first-order chi connectivity index (χ1) is 8.52. The van der Waals surface area contributed by atoms with Gasteiger partial charge in [-0.25, -0.2) is 0 Å². The highest BCUT2D eigenvalue weighted by molar-refractivity contribution is 6.32. The average molecular weight is 274 g/mol. The molecule has 0 fully saturated rings. The van der Waals surface area contributed by atoms with Crippen LogP contribution in [0.5, 0.6) is 11.5 Å². The average Bonchev–Trinajstić information content (AvgIpc) is 2.34. The van der Waals surface area contributed by atoms with Crippen LogP contribution < -0.4 is 14.8 Å². The van der Waals surface area contributed by atoms with Gasteiger partial charge in [-0.3, -0.25) is 9.59 Å². The number of hydrogen-bond donors (Lipinski definition) is 2. The Morgan fingerprint density at radius 3 is 2.72 bits per heavy atom. The maximum absolute atomic E-state index is 11.2. The molecular formula is C11H12ClNO5. The van der Waals surface area contributed by atoms with Gasteiger partial charge < -0.3 is 19.9 Å². The van der Waals surface area contributed by atoms with Gasteiger partial charge in [0, 0.05) is 6.07 Å². The van der Waals surface area contributed by atoms with Gasteiger partial charge in [-0.15, -0.1) is 0 Å². The van der Waals surface area contributed by atoms with Crippen LogP contribution in [0.3, 0.4) is 0 Å². The maximum Gasteiger partial charge on any atom is 0.322 e. The smallest absolute Gasteiger partial charge is 0.322 e. The van der Waals surface area contributed by atoms with Crippen molar-refractivity contribution in [2.75, 3.05) is 20.3 Å². The van der Waals surface area contributed by atoms with Gasteiger partial charge in [-0.1, -0.05) is 11.6 Å². The largest absolute Gasteiger partial charge is 0.497 e. The van der Waals surface area contributed by atoms with Crippen LogP contribution in [0, 0.1) is 0 Å².